The highest BCUT2D eigenvalue weighted by Crippen LogP contribution is 2.17. The van der Waals surface area contributed by atoms with Gasteiger partial charge < -0.3 is 5.32 Å². The highest BCUT2D eigenvalue weighted by Gasteiger charge is 2.20. The van der Waals surface area contributed by atoms with Gasteiger partial charge in [0.2, 0.25) is 5.03 Å². The second kappa shape index (κ2) is 5.88. The maximum atomic E-state index is 13.5. The second-order valence-electron chi connectivity index (χ2n) is 4.06. The van der Waals surface area contributed by atoms with Crippen LogP contribution in [0.15, 0.2) is 47.6 Å². The Morgan fingerprint density at radius 1 is 1.24 bits per heavy atom. The minimum Gasteiger partial charge on any atom is -0.355 e. The lowest BCUT2D eigenvalue weighted by Gasteiger charge is -2.09. The normalized spacial score (nSPS) is 11.0. The summed E-state index contributed by atoms with van der Waals surface area (Å²) in [5.41, 5.74) is 0.417. The van der Waals surface area contributed by atoms with E-state index < -0.39 is 20.9 Å². The van der Waals surface area contributed by atoms with E-state index in [1.54, 1.807) is 0 Å². The molecule has 0 radical (unpaired) electrons. The van der Waals surface area contributed by atoms with Gasteiger partial charge in [-0.3, -0.25) is 9.52 Å². The van der Waals surface area contributed by atoms with E-state index in [9.17, 15) is 17.6 Å². The number of rotatable bonds is 4. The third kappa shape index (κ3) is 3.34. The summed E-state index contributed by atoms with van der Waals surface area (Å²) in [6, 6.07) is 8.13. The van der Waals surface area contributed by atoms with E-state index in [1.807, 2.05) is 0 Å². The number of nitrogens with zero attached hydrogens (tertiary/aromatic N) is 1. The minimum atomic E-state index is -4.16. The fraction of sp³-hybridized carbons (Fsp3) is 0.0769. The van der Waals surface area contributed by atoms with Gasteiger partial charge in [0.25, 0.3) is 15.9 Å². The standard InChI is InChI=1S/C13H12FN3O3S/c1-15-12(18)9-4-2-5-10(8-9)17-21(19,20)13-11(14)6-3-7-16-13/h2-8,17H,1H3,(H,15,18). The summed E-state index contributed by atoms with van der Waals surface area (Å²) in [4.78, 5) is 15.0. The van der Waals surface area contributed by atoms with E-state index in [-0.39, 0.29) is 17.2 Å². The molecule has 0 saturated heterocycles. The Morgan fingerprint density at radius 2 is 2.00 bits per heavy atom. The van der Waals surface area contributed by atoms with Gasteiger partial charge in [0, 0.05) is 24.5 Å². The zero-order valence-corrected chi connectivity index (χ0v) is 11.8. The Morgan fingerprint density at radius 3 is 2.67 bits per heavy atom. The van der Waals surface area contributed by atoms with Gasteiger partial charge in [0.1, 0.15) is 0 Å². The molecule has 110 valence electrons. The zero-order valence-electron chi connectivity index (χ0n) is 11.0. The van der Waals surface area contributed by atoms with Crippen molar-refractivity contribution in [3.63, 3.8) is 0 Å². The van der Waals surface area contributed by atoms with E-state index in [1.165, 1.54) is 43.6 Å². The van der Waals surface area contributed by atoms with Crippen molar-refractivity contribution < 1.29 is 17.6 Å². The van der Waals surface area contributed by atoms with Crippen LogP contribution in [0, 0.1) is 5.82 Å². The molecular weight excluding hydrogens is 297 g/mol. The minimum absolute atomic E-state index is 0.140. The lowest BCUT2D eigenvalue weighted by Crippen LogP contribution is -2.19. The molecule has 1 aromatic carbocycles. The average Bonchev–Trinajstić information content (AvgIpc) is 2.46. The van der Waals surface area contributed by atoms with Crippen molar-refractivity contribution in [3.8, 4) is 0 Å². The number of carbonyl (C=O) groups excluding carboxylic acids is 1. The number of benzene rings is 1. The van der Waals surface area contributed by atoms with Gasteiger partial charge in [-0.15, -0.1) is 0 Å². The molecule has 0 bridgehead atoms. The van der Waals surface area contributed by atoms with E-state index in [2.05, 4.69) is 15.0 Å². The molecule has 2 N–H and O–H groups in total. The Labute approximate surface area is 121 Å². The summed E-state index contributed by atoms with van der Waals surface area (Å²) in [5.74, 6) is -1.31. The van der Waals surface area contributed by atoms with E-state index in [0.717, 1.165) is 6.07 Å². The predicted octanol–water partition coefficient (Wildman–Crippen LogP) is 1.38. The number of nitrogens with one attached hydrogen (secondary N) is 2. The molecule has 0 atom stereocenters. The number of aromatic nitrogens is 1. The molecule has 1 amide bonds. The first-order valence-corrected chi connectivity index (χ1v) is 7.38. The molecule has 0 aliphatic rings. The first-order chi connectivity index (χ1) is 9.94. The number of hydrogen-bond donors (Lipinski definition) is 2. The number of sulfonamides is 1. The Hall–Kier alpha value is -2.48. The maximum Gasteiger partial charge on any atom is 0.282 e. The molecule has 6 nitrogen and oxygen atoms in total. The fourth-order valence-corrected chi connectivity index (χ4v) is 2.70. The van der Waals surface area contributed by atoms with Crippen LogP contribution >= 0.6 is 0 Å². The van der Waals surface area contributed by atoms with Crippen molar-refractivity contribution in [2.24, 2.45) is 0 Å². The molecule has 2 rings (SSSR count). The van der Waals surface area contributed by atoms with Crippen molar-refractivity contribution in [1.82, 2.24) is 10.3 Å². The summed E-state index contributed by atoms with van der Waals surface area (Å²) in [5, 5.41) is 1.72. The topological polar surface area (TPSA) is 88.2 Å². The largest absolute Gasteiger partial charge is 0.355 e. The highest BCUT2D eigenvalue weighted by molar-refractivity contribution is 7.92. The number of amides is 1. The van der Waals surface area contributed by atoms with Crippen molar-refractivity contribution >= 4 is 21.6 Å². The molecule has 8 heteroatoms. The maximum absolute atomic E-state index is 13.5. The molecule has 0 aliphatic heterocycles. The number of halogens is 1. The summed E-state index contributed by atoms with van der Waals surface area (Å²) in [7, 11) is -2.70. The van der Waals surface area contributed by atoms with E-state index >= 15 is 0 Å². The fourth-order valence-electron chi connectivity index (χ4n) is 1.64. The molecule has 0 aliphatic carbocycles. The third-order valence-electron chi connectivity index (χ3n) is 2.58. The Kier molecular flexibility index (Phi) is 4.18. The Bertz CT molecular complexity index is 778. The van der Waals surface area contributed by atoms with Gasteiger partial charge >= 0.3 is 0 Å². The average molecular weight is 309 g/mol. The summed E-state index contributed by atoms with van der Waals surface area (Å²) in [6.45, 7) is 0. The first-order valence-electron chi connectivity index (χ1n) is 5.89. The number of anilines is 1. The van der Waals surface area contributed by atoms with Crippen LogP contribution in [0.4, 0.5) is 10.1 Å². The first kappa shape index (κ1) is 14.9. The van der Waals surface area contributed by atoms with Crippen LogP contribution in [0.1, 0.15) is 10.4 Å². The zero-order chi connectivity index (χ0) is 15.5. The van der Waals surface area contributed by atoms with E-state index in [4.69, 9.17) is 0 Å². The van der Waals surface area contributed by atoms with Crippen LogP contribution in [0.25, 0.3) is 0 Å². The quantitative estimate of drug-likeness (QED) is 0.893. The van der Waals surface area contributed by atoms with Gasteiger partial charge in [-0.25, -0.2) is 9.37 Å². The van der Waals surface area contributed by atoms with Crippen LogP contribution in [0.2, 0.25) is 0 Å². The predicted molar refractivity (Wildman–Crippen MR) is 74.8 cm³/mol. The SMILES string of the molecule is CNC(=O)c1cccc(NS(=O)(=O)c2ncccc2F)c1. The van der Waals surface area contributed by atoms with Crippen LogP contribution in [-0.4, -0.2) is 26.4 Å². The number of hydrogen-bond acceptors (Lipinski definition) is 4. The van der Waals surface area contributed by atoms with Crippen LogP contribution in [-0.2, 0) is 10.0 Å². The van der Waals surface area contributed by atoms with Crippen LogP contribution in [0.3, 0.4) is 0 Å². The third-order valence-corrected chi connectivity index (χ3v) is 3.90. The molecule has 0 unspecified atom stereocenters. The summed E-state index contributed by atoms with van der Waals surface area (Å²) >= 11 is 0. The lowest BCUT2D eigenvalue weighted by atomic mass is 10.2. The molecule has 21 heavy (non-hydrogen) atoms. The van der Waals surface area contributed by atoms with Crippen molar-refractivity contribution in [2.45, 2.75) is 5.03 Å². The summed E-state index contributed by atoms with van der Waals surface area (Å²) < 4.78 is 39.8. The van der Waals surface area contributed by atoms with Crippen molar-refractivity contribution in [2.75, 3.05) is 11.8 Å². The van der Waals surface area contributed by atoms with Gasteiger partial charge in [-0.05, 0) is 30.3 Å². The van der Waals surface area contributed by atoms with Gasteiger partial charge in [0.05, 0.1) is 0 Å². The molecule has 1 heterocycles. The molecule has 0 spiro atoms. The van der Waals surface area contributed by atoms with Gasteiger partial charge in [-0.1, -0.05) is 6.07 Å². The lowest BCUT2D eigenvalue weighted by molar-refractivity contribution is 0.0963. The smallest absolute Gasteiger partial charge is 0.282 e. The number of carbonyl (C=O) groups is 1. The molecule has 0 fully saturated rings. The van der Waals surface area contributed by atoms with Crippen molar-refractivity contribution in [3.05, 3.63) is 54.0 Å². The molecular formula is C13H12FN3O3S. The second-order valence-corrected chi connectivity index (χ2v) is 5.65. The number of pyridine rings is 1. The Balaban J connectivity index is 2.34. The van der Waals surface area contributed by atoms with Gasteiger partial charge in [0.15, 0.2) is 5.82 Å². The summed E-state index contributed by atoms with van der Waals surface area (Å²) in [6.07, 6.45) is 1.18. The van der Waals surface area contributed by atoms with E-state index in [0.29, 0.717) is 0 Å². The van der Waals surface area contributed by atoms with Crippen LogP contribution in [0.5, 0.6) is 0 Å². The van der Waals surface area contributed by atoms with Gasteiger partial charge in [-0.2, -0.15) is 8.42 Å². The molecule has 2 aromatic rings. The molecule has 1 aromatic heterocycles. The van der Waals surface area contributed by atoms with Crippen LogP contribution < -0.4 is 10.0 Å². The molecule has 0 saturated carbocycles. The highest BCUT2D eigenvalue weighted by atomic mass is 32.2. The van der Waals surface area contributed by atoms with Crippen molar-refractivity contribution in [1.29, 1.82) is 0 Å². The monoisotopic (exact) mass is 309 g/mol.